The summed E-state index contributed by atoms with van der Waals surface area (Å²) in [5, 5.41) is 3.11. The largest absolute Gasteiger partial charge is 0.352 e. The number of carbonyl (C=O) groups excluding carboxylic acids is 1. The summed E-state index contributed by atoms with van der Waals surface area (Å²) >= 11 is 0. The van der Waals surface area contributed by atoms with E-state index in [-0.39, 0.29) is 17.9 Å². The van der Waals surface area contributed by atoms with Gasteiger partial charge in [0.2, 0.25) is 5.91 Å². The molecule has 0 saturated heterocycles. The van der Waals surface area contributed by atoms with E-state index in [0.29, 0.717) is 18.9 Å². The van der Waals surface area contributed by atoms with Gasteiger partial charge in [-0.05, 0) is 38.9 Å². The first-order valence-corrected chi connectivity index (χ1v) is 6.49. The molecule has 102 valence electrons. The zero-order chi connectivity index (χ0) is 13.4. The Bertz CT molecular complexity index is 207. The van der Waals surface area contributed by atoms with Crippen LogP contribution in [0.2, 0.25) is 0 Å². The average Bonchev–Trinajstić information content (AvgIpc) is 2.14. The third kappa shape index (κ3) is 9.12. The summed E-state index contributed by atoms with van der Waals surface area (Å²) in [6.45, 7) is 7.81. The van der Waals surface area contributed by atoms with Crippen molar-refractivity contribution in [3.8, 4) is 0 Å². The van der Waals surface area contributed by atoms with Gasteiger partial charge in [0.05, 0.1) is 0 Å². The molecule has 0 bridgehead atoms. The molecule has 0 spiro atoms. The van der Waals surface area contributed by atoms with Crippen LogP contribution >= 0.6 is 0 Å². The third-order valence-electron chi connectivity index (χ3n) is 2.64. The van der Waals surface area contributed by atoms with E-state index in [2.05, 4.69) is 24.1 Å². The highest BCUT2D eigenvalue weighted by atomic mass is 16.1. The fourth-order valence-corrected chi connectivity index (χ4v) is 1.88. The van der Waals surface area contributed by atoms with Crippen molar-refractivity contribution in [3.05, 3.63) is 0 Å². The molecule has 0 fully saturated rings. The summed E-state index contributed by atoms with van der Waals surface area (Å²) in [6, 6.07) is 0.238. The second-order valence-electron chi connectivity index (χ2n) is 5.70. The van der Waals surface area contributed by atoms with Crippen LogP contribution in [0.15, 0.2) is 0 Å². The van der Waals surface area contributed by atoms with Gasteiger partial charge in [-0.1, -0.05) is 20.8 Å². The highest BCUT2D eigenvalue weighted by Gasteiger charge is 2.16. The number of hydrogen-bond acceptors (Lipinski definition) is 3. The molecule has 3 N–H and O–H groups in total. The Morgan fingerprint density at radius 2 is 1.88 bits per heavy atom. The van der Waals surface area contributed by atoms with Crippen molar-refractivity contribution in [1.29, 1.82) is 0 Å². The van der Waals surface area contributed by atoms with Gasteiger partial charge in [-0.2, -0.15) is 0 Å². The predicted molar refractivity (Wildman–Crippen MR) is 72.8 cm³/mol. The molecule has 0 aromatic heterocycles. The number of nitrogens with zero attached hydrogens (tertiary/aromatic N) is 1. The van der Waals surface area contributed by atoms with Gasteiger partial charge in [-0.3, -0.25) is 4.79 Å². The molecule has 2 atom stereocenters. The maximum atomic E-state index is 11.8. The summed E-state index contributed by atoms with van der Waals surface area (Å²) < 4.78 is 0. The van der Waals surface area contributed by atoms with Crippen LogP contribution in [0.3, 0.4) is 0 Å². The first-order chi connectivity index (χ1) is 7.85. The van der Waals surface area contributed by atoms with Crippen LogP contribution in [-0.2, 0) is 4.79 Å². The molecule has 0 aliphatic carbocycles. The van der Waals surface area contributed by atoms with Gasteiger partial charge in [-0.15, -0.1) is 0 Å². The van der Waals surface area contributed by atoms with E-state index >= 15 is 0 Å². The van der Waals surface area contributed by atoms with Crippen molar-refractivity contribution in [2.75, 3.05) is 27.2 Å². The second kappa shape index (κ2) is 8.48. The van der Waals surface area contributed by atoms with Crippen LogP contribution in [-0.4, -0.2) is 44.0 Å². The number of likely N-dealkylation sites (N-methyl/N-ethyl adjacent to an activating group) is 1. The SMILES string of the molecule is CC(C)CC(CN(C)C)NC(=O)CC(C)CN. The number of carbonyl (C=O) groups is 1. The van der Waals surface area contributed by atoms with E-state index in [9.17, 15) is 4.79 Å². The van der Waals surface area contributed by atoms with E-state index in [4.69, 9.17) is 5.73 Å². The van der Waals surface area contributed by atoms with Gasteiger partial charge in [-0.25, -0.2) is 0 Å². The third-order valence-corrected chi connectivity index (χ3v) is 2.64. The van der Waals surface area contributed by atoms with E-state index in [1.54, 1.807) is 0 Å². The molecule has 0 rings (SSSR count). The molecule has 17 heavy (non-hydrogen) atoms. The number of nitrogens with two attached hydrogens (primary N) is 1. The molecule has 0 aromatic carbocycles. The first-order valence-electron chi connectivity index (χ1n) is 6.49. The number of amides is 1. The Labute approximate surface area is 106 Å². The van der Waals surface area contributed by atoms with Crippen molar-refractivity contribution in [2.45, 2.75) is 39.7 Å². The average molecular weight is 243 g/mol. The minimum absolute atomic E-state index is 0.121. The fraction of sp³-hybridized carbons (Fsp3) is 0.923. The highest BCUT2D eigenvalue weighted by molar-refractivity contribution is 5.76. The Morgan fingerprint density at radius 1 is 1.29 bits per heavy atom. The molecule has 4 heteroatoms. The Hall–Kier alpha value is -0.610. The summed E-state index contributed by atoms with van der Waals surface area (Å²) in [4.78, 5) is 13.9. The molecule has 0 aliphatic rings. The molecule has 0 aliphatic heterocycles. The number of hydrogen-bond donors (Lipinski definition) is 2. The number of rotatable bonds is 8. The van der Waals surface area contributed by atoms with Gasteiger partial charge < -0.3 is 16.0 Å². The van der Waals surface area contributed by atoms with Crippen LogP contribution < -0.4 is 11.1 Å². The Balaban J connectivity index is 4.17. The van der Waals surface area contributed by atoms with Crippen molar-refractivity contribution >= 4 is 5.91 Å². The van der Waals surface area contributed by atoms with Gasteiger partial charge in [0.25, 0.3) is 0 Å². The molecular formula is C13H29N3O. The molecule has 4 nitrogen and oxygen atoms in total. The second-order valence-corrected chi connectivity index (χ2v) is 5.70. The maximum absolute atomic E-state index is 11.8. The Morgan fingerprint density at radius 3 is 2.29 bits per heavy atom. The quantitative estimate of drug-likeness (QED) is 0.670. The van der Waals surface area contributed by atoms with Crippen LogP contribution in [0.1, 0.15) is 33.6 Å². The van der Waals surface area contributed by atoms with Crippen molar-refractivity contribution in [1.82, 2.24) is 10.2 Å². The summed E-state index contributed by atoms with van der Waals surface area (Å²) in [7, 11) is 4.06. The number of nitrogens with one attached hydrogen (secondary N) is 1. The van der Waals surface area contributed by atoms with Gasteiger partial charge in [0, 0.05) is 19.0 Å². The van der Waals surface area contributed by atoms with Crippen molar-refractivity contribution in [3.63, 3.8) is 0 Å². The summed E-state index contributed by atoms with van der Waals surface area (Å²) in [5.74, 6) is 0.969. The summed E-state index contributed by atoms with van der Waals surface area (Å²) in [5.41, 5.74) is 5.52. The fourth-order valence-electron chi connectivity index (χ4n) is 1.88. The topological polar surface area (TPSA) is 58.4 Å². The zero-order valence-corrected chi connectivity index (χ0v) is 12.0. The van der Waals surface area contributed by atoms with Crippen LogP contribution in [0.5, 0.6) is 0 Å². The van der Waals surface area contributed by atoms with E-state index in [1.807, 2.05) is 21.0 Å². The Kier molecular flexibility index (Phi) is 8.17. The first kappa shape index (κ1) is 16.4. The van der Waals surface area contributed by atoms with Crippen LogP contribution in [0, 0.1) is 11.8 Å². The standard InChI is InChI=1S/C13H29N3O/c1-10(2)6-12(9-16(4)5)15-13(17)7-11(3)8-14/h10-12H,6-9,14H2,1-5H3,(H,15,17). The monoisotopic (exact) mass is 243 g/mol. The molecule has 0 heterocycles. The molecule has 0 radical (unpaired) electrons. The minimum Gasteiger partial charge on any atom is -0.352 e. The van der Waals surface area contributed by atoms with Gasteiger partial charge in [0.1, 0.15) is 0 Å². The predicted octanol–water partition coefficient (Wildman–Crippen LogP) is 1.06. The van der Waals surface area contributed by atoms with Crippen molar-refractivity contribution in [2.24, 2.45) is 17.6 Å². The smallest absolute Gasteiger partial charge is 0.220 e. The normalized spacial score (nSPS) is 15.1. The lowest BCUT2D eigenvalue weighted by atomic mass is 10.0. The minimum atomic E-state index is 0.121. The van der Waals surface area contributed by atoms with Crippen molar-refractivity contribution < 1.29 is 4.79 Å². The molecule has 1 amide bonds. The van der Waals surface area contributed by atoms with Gasteiger partial charge in [0.15, 0.2) is 0 Å². The molecule has 0 saturated carbocycles. The van der Waals surface area contributed by atoms with Crippen LogP contribution in [0.4, 0.5) is 0 Å². The lowest BCUT2D eigenvalue weighted by molar-refractivity contribution is -0.122. The van der Waals surface area contributed by atoms with E-state index in [0.717, 1.165) is 13.0 Å². The van der Waals surface area contributed by atoms with E-state index in [1.165, 1.54) is 0 Å². The van der Waals surface area contributed by atoms with Gasteiger partial charge >= 0.3 is 0 Å². The molecule has 0 aromatic rings. The van der Waals surface area contributed by atoms with E-state index < -0.39 is 0 Å². The summed E-state index contributed by atoms with van der Waals surface area (Å²) in [6.07, 6.45) is 1.54. The lowest BCUT2D eigenvalue weighted by Crippen LogP contribution is -2.43. The highest BCUT2D eigenvalue weighted by Crippen LogP contribution is 2.07. The maximum Gasteiger partial charge on any atom is 0.220 e. The molecular weight excluding hydrogens is 214 g/mol. The zero-order valence-electron chi connectivity index (χ0n) is 12.0. The van der Waals surface area contributed by atoms with Crippen LogP contribution in [0.25, 0.3) is 0 Å². The lowest BCUT2D eigenvalue weighted by Gasteiger charge is -2.24. The molecule has 2 unspecified atom stereocenters.